The minimum atomic E-state index is 0.254. The van der Waals surface area contributed by atoms with E-state index in [2.05, 4.69) is 27.9 Å². The number of halogens is 1. The monoisotopic (exact) mass is 277 g/mol. The highest BCUT2D eigenvalue weighted by Gasteiger charge is 2.36. The predicted octanol–water partition coefficient (Wildman–Crippen LogP) is 1.44. The lowest BCUT2D eigenvalue weighted by atomic mass is 9.83. The van der Waals surface area contributed by atoms with Gasteiger partial charge in [-0.15, -0.1) is 0 Å². The zero-order chi connectivity index (χ0) is 8.60. The summed E-state index contributed by atoms with van der Waals surface area (Å²) < 4.78 is 0.254. The fourth-order valence-electron chi connectivity index (χ4n) is 1.89. The van der Waals surface area contributed by atoms with Gasteiger partial charge in [0.1, 0.15) is 0 Å². The first-order valence-electron chi connectivity index (χ1n) is 4.34. The van der Waals surface area contributed by atoms with Crippen molar-refractivity contribution < 1.29 is 4.79 Å². The fraction of sp³-hybridized carbons (Fsp3) is 0.667. The average Bonchev–Trinajstić information content (AvgIpc) is 2.06. The van der Waals surface area contributed by atoms with Crippen LogP contribution in [-0.4, -0.2) is 22.3 Å². The Bertz CT molecular complexity index is 249. The third-order valence-electron chi connectivity index (χ3n) is 2.65. The molecule has 66 valence electrons. The summed E-state index contributed by atoms with van der Waals surface area (Å²) in [5.74, 6) is 0.319. The molecular weight excluding hydrogens is 265 g/mol. The van der Waals surface area contributed by atoms with Crippen LogP contribution in [0.1, 0.15) is 19.3 Å². The molecular formula is C9H12INO. The second-order valence-corrected chi connectivity index (χ2v) is 5.59. The van der Waals surface area contributed by atoms with Crippen LogP contribution in [-0.2, 0) is 4.79 Å². The van der Waals surface area contributed by atoms with E-state index in [0.29, 0.717) is 5.78 Å². The standard InChI is InChI=1S/C9H12INO/c10-9-3-1-8(12)5-7(9)2-4-11-6-9/h5,11H,1-4,6H2. The molecule has 0 saturated carbocycles. The van der Waals surface area contributed by atoms with Crippen molar-refractivity contribution in [2.75, 3.05) is 13.1 Å². The molecule has 2 rings (SSSR count). The Morgan fingerprint density at radius 3 is 3.17 bits per heavy atom. The number of rotatable bonds is 0. The number of nitrogens with one attached hydrogen (secondary N) is 1. The molecule has 0 radical (unpaired) electrons. The third-order valence-corrected chi connectivity index (χ3v) is 4.27. The molecule has 1 saturated heterocycles. The van der Waals surface area contributed by atoms with Crippen molar-refractivity contribution in [2.45, 2.75) is 22.7 Å². The molecule has 0 spiro atoms. The van der Waals surface area contributed by atoms with Crippen molar-refractivity contribution in [2.24, 2.45) is 0 Å². The van der Waals surface area contributed by atoms with E-state index in [0.717, 1.165) is 32.4 Å². The van der Waals surface area contributed by atoms with Gasteiger partial charge in [-0.05, 0) is 31.0 Å². The lowest BCUT2D eigenvalue weighted by molar-refractivity contribution is -0.115. The molecule has 1 heterocycles. The predicted molar refractivity (Wildman–Crippen MR) is 56.6 cm³/mol. The lowest BCUT2D eigenvalue weighted by Gasteiger charge is -2.37. The van der Waals surface area contributed by atoms with Gasteiger partial charge in [0, 0.05) is 13.0 Å². The molecule has 0 aromatic carbocycles. The van der Waals surface area contributed by atoms with Gasteiger partial charge in [0.25, 0.3) is 0 Å². The van der Waals surface area contributed by atoms with Crippen LogP contribution >= 0.6 is 22.6 Å². The summed E-state index contributed by atoms with van der Waals surface area (Å²) in [5.41, 5.74) is 1.36. The molecule has 0 amide bonds. The van der Waals surface area contributed by atoms with Gasteiger partial charge in [0.2, 0.25) is 0 Å². The number of piperidine rings is 1. The Labute approximate surface area is 85.9 Å². The molecule has 1 aliphatic heterocycles. The third kappa shape index (κ3) is 1.44. The number of hydrogen-bond acceptors (Lipinski definition) is 2. The second-order valence-electron chi connectivity index (χ2n) is 3.53. The molecule has 2 nitrogen and oxygen atoms in total. The maximum atomic E-state index is 11.2. The molecule has 2 aliphatic rings. The number of hydrogen-bond donors (Lipinski definition) is 1. The van der Waals surface area contributed by atoms with Gasteiger partial charge in [-0.2, -0.15) is 0 Å². The number of ketones is 1. The van der Waals surface area contributed by atoms with Crippen molar-refractivity contribution in [3.05, 3.63) is 11.6 Å². The number of alkyl halides is 1. The maximum Gasteiger partial charge on any atom is 0.155 e. The van der Waals surface area contributed by atoms with Gasteiger partial charge in [-0.1, -0.05) is 22.6 Å². The topological polar surface area (TPSA) is 29.1 Å². The Hall–Kier alpha value is 0.1000. The number of allylic oxidation sites excluding steroid dienone is 1. The van der Waals surface area contributed by atoms with E-state index < -0.39 is 0 Å². The Kier molecular flexibility index (Phi) is 2.25. The molecule has 0 bridgehead atoms. The first-order valence-corrected chi connectivity index (χ1v) is 5.42. The van der Waals surface area contributed by atoms with E-state index in [1.807, 2.05) is 6.08 Å². The van der Waals surface area contributed by atoms with Gasteiger partial charge < -0.3 is 5.32 Å². The quantitative estimate of drug-likeness (QED) is 0.536. The van der Waals surface area contributed by atoms with Crippen LogP contribution in [0.25, 0.3) is 0 Å². The normalized spacial score (nSPS) is 35.8. The lowest BCUT2D eigenvalue weighted by Crippen LogP contribution is -2.44. The highest BCUT2D eigenvalue weighted by molar-refractivity contribution is 14.1. The first-order chi connectivity index (χ1) is 5.71. The van der Waals surface area contributed by atoms with Crippen molar-refractivity contribution in [1.82, 2.24) is 5.32 Å². The SMILES string of the molecule is O=C1C=C2CCNCC2(I)CC1. The Morgan fingerprint density at radius 2 is 2.33 bits per heavy atom. The number of carbonyl (C=O) groups excluding carboxylic acids is 1. The van der Waals surface area contributed by atoms with Crippen LogP contribution in [0.4, 0.5) is 0 Å². The van der Waals surface area contributed by atoms with Crippen LogP contribution in [0.15, 0.2) is 11.6 Å². The highest BCUT2D eigenvalue weighted by Crippen LogP contribution is 2.39. The summed E-state index contributed by atoms with van der Waals surface area (Å²) in [6, 6.07) is 0. The van der Waals surface area contributed by atoms with Crippen molar-refractivity contribution in [1.29, 1.82) is 0 Å². The summed E-state index contributed by atoms with van der Waals surface area (Å²) in [7, 11) is 0. The van der Waals surface area contributed by atoms with Crippen molar-refractivity contribution >= 4 is 28.4 Å². The molecule has 12 heavy (non-hydrogen) atoms. The summed E-state index contributed by atoms with van der Waals surface area (Å²) >= 11 is 2.49. The minimum absolute atomic E-state index is 0.254. The van der Waals surface area contributed by atoms with Crippen LogP contribution in [0.2, 0.25) is 0 Å². The van der Waals surface area contributed by atoms with Crippen LogP contribution in [0.3, 0.4) is 0 Å². The number of fused-ring (bicyclic) bond motifs is 1. The summed E-state index contributed by atoms with van der Waals surface area (Å²) in [4.78, 5) is 11.2. The zero-order valence-electron chi connectivity index (χ0n) is 6.90. The molecule has 3 heteroatoms. The second kappa shape index (κ2) is 3.10. The maximum absolute atomic E-state index is 11.2. The number of carbonyl (C=O) groups is 1. The molecule has 1 fully saturated rings. The van der Waals surface area contributed by atoms with Crippen LogP contribution in [0.5, 0.6) is 0 Å². The molecule has 1 atom stereocenters. The highest BCUT2D eigenvalue weighted by atomic mass is 127. The van der Waals surface area contributed by atoms with E-state index in [1.165, 1.54) is 5.57 Å². The van der Waals surface area contributed by atoms with Gasteiger partial charge in [-0.25, -0.2) is 0 Å². The van der Waals surface area contributed by atoms with Crippen molar-refractivity contribution in [3.63, 3.8) is 0 Å². The smallest absolute Gasteiger partial charge is 0.155 e. The largest absolute Gasteiger partial charge is 0.315 e. The van der Waals surface area contributed by atoms with Gasteiger partial charge in [0.05, 0.1) is 3.42 Å². The van der Waals surface area contributed by atoms with Gasteiger partial charge >= 0.3 is 0 Å². The van der Waals surface area contributed by atoms with E-state index in [-0.39, 0.29) is 3.42 Å². The fourth-order valence-corrected chi connectivity index (χ4v) is 2.85. The molecule has 1 unspecified atom stereocenters. The molecule has 0 aromatic rings. The summed E-state index contributed by atoms with van der Waals surface area (Å²) in [5, 5.41) is 3.38. The van der Waals surface area contributed by atoms with E-state index >= 15 is 0 Å². The average molecular weight is 277 g/mol. The zero-order valence-corrected chi connectivity index (χ0v) is 9.06. The Balaban J connectivity index is 2.29. The Morgan fingerprint density at radius 1 is 1.50 bits per heavy atom. The van der Waals surface area contributed by atoms with E-state index in [4.69, 9.17) is 0 Å². The van der Waals surface area contributed by atoms with Gasteiger partial charge in [0.15, 0.2) is 5.78 Å². The van der Waals surface area contributed by atoms with E-state index in [1.54, 1.807) is 0 Å². The molecule has 0 aromatic heterocycles. The molecule has 1 N–H and O–H groups in total. The van der Waals surface area contributed by atoms with Gasteiger partial charge in [-0.3, -0.25) is 4.79 Å². The molecule has 1 aliphatic carbocycles. The van der Waals surface area contributed by atoms with Crippen LogP contribution in [0, 0.1) is 0 Å². The summed E-state index contributed by atoms with van der Waals surface area (Å²) in [6.45, 7) is 2.07. The van der Waals surface area contributed by atoms with Crippen LogP contribution < -0.4 is 5.32 Å². The summed E-state index contributed by atoms with van der Waals surface area (Å²) in [6.07, 6.45) is 4.67. The minimum Gasteiger partial charge on any atom is -0.315 e. The first kappa shape index (κ1) is 8.69. The van der Waals surface area contributed by atoms with E-state index in [9.17, 15) is 4.79 Å². The van der Waals surface area contributed by atoms with Crippen molar-refractivity contribution in [3.8, 4) is 0 Å².